The van der Waals surface area contributed by atoms with E-state index in [9.17, 15) is 14.9 Å². The molecular formula is C13H12N4O3. The molecule has 0 spiro atoms. The van der Waals surface area contributed by atoms with Crippen molar-refractivity contribution in [1.82, 2.24) is 5.32 Å². The summed E-state index contributed by atoms with van der Waals surface area (Å²) in [5.74, 6) is -0.671. The van der Waals surface area contributed by atoms with E-state index in [-0.39, 0.29) is 16.9 Å². The van der Waals surface area contributed by atoms with Crippen LogP contribution in [0, 0.1) is 21.4 Å². The van der Waals surface area contributed by atoms with Gasteiger partial charge in [0.1, 0.15) is 17.3 Å². The monoisotopic (exact) mass is 272 g/mol. The number of nitrogens with one attached hydrogen (secondary N) is 2. The summed E-state index contributed by atoms with van der Waals surface area (Å²) >= 11 is 0. The standard InChI is InChI=1S/C13H12N4O3/c14-7-9(8-15-10-5-6-10)13(18)16-11-3-1-2-4-12(11)17(19)20/h1-4,8,10,15H,5-6H2,(H,16,18)/b9-8-. The van der Waals surface area contributed by atoms with E-state index >= 15 is 0 Å². The van der Waals surface area contributed by atoms with Crippen LogP contribution < -0.4 is 10.6 Å². The smallest absolute Gasteiger partial charge is 0.292 e. The Morgan fingerprint density at radius 3 is 2.75 bits per heavy atom. The molecule has 0 saturated heterocycles. The Morgan fingerprint density at radius 2 is 2.15 bits per heavy atom. The molecule has 0 atom stereocenters. The summed E-state index contributed by atoms with van der Waals surface area (Å²) in [5.41, 5.74) is -0.265. The summed E-state index contributed by atoms with van der Waals surface area (Å²) in [5, 5.41) is 25.1. The molecule has 0 aliphatic heterocycles. The number of carbonyl (C=O) groups is 1. The molecule has 7 heteroatoms. The van der Waals surface area contributed by atoms with Gasteiger partial charge < -0.3 is 10.6 Å². The van der Waals surface area contributed by atoms with Crippen molar-refractivity contribution in [2.75, 3.05) is 5.32 Å². The van der Waals surface area contributed by atoms with Crippen LogP contribution in [0.25, 0.3) is 0 Å². The Morgan fingerprint density at radius 1 is 1.45 bits per heavy atom. The molecule has 0 aromatic heterocycles. The van der Waals surface area contributed by atoms with Crippen molar-refractivity contribution in [2.45, 2.75) is 18.9 Å². The normalized spacial score (nSPS) is 14.2. The number of nitriles is 1. The molecule has 7 nitrogen and oxygen atoms in total. The molecule has 1 aliphatic carbocycles. The molecule has 0 radical (unpaired) electrons. The first-order valence-electron chi connectivity index (χ1n) is 6.03. The lowest BCUT2D eigenvalue weighted by molar-refractivity contribution is -0.383. The number of carbonyl (C=O) groups excluding carboxylic acids is 1. The molecule has 0 unspecified atom stereocenters. The van der Waals surface area contributed by atoms with Gasteiger partial charge in [-0.05, 0) is 18.9 Å². The fourth-order valence-corrected chi connectivity index (χ4v) is 1.53. The Kier molecular flexibility index (Phi) is 3.96. The Balaban J connectivity index is 2.12. The summed E-state index contributed by atoms with van der Waals surface area (Å²) in [6.45, 7) is 0. The van der Waals surface area contributed by atoms with Crippen molar-refractivity contribution in [3.8, 4) is 6.07 Å². The number of hydrogen-bond acceptors (Lipinski definition) is 5. The number of rotatable bonds is 5. The molecule has 1 aromatic carbocycles. The highest BCUT2D eigenvalue weighted by Crippen LogP contribution is 2.23. The number of hydrogen-bond donors (Lipinski definition) is 2. The third-order valence-electron chi connectivity index (χ3n) is 2.75. The molecule has 0 bridgehead atoms. The number of amides is 1. The summed E-state index contributed by atoms with van der Waals surface area (Å²) in [4.78, 5) is 22.1. The molecule has 2 N–H and O–H groups in total. The highest BCUT2D eigenvalue weighted by Gasteiger charge is 2.21. The van der Waals surface area contributed by atoms with Gasteiger partial charge in [0, 0.05) is 18.3 Å². The maximum Gasteiger partial charge on any atom is 0.292 e. The number of nitro groups is 1. The predicted molar refractivity (Wildman–Crippen MR) is 71.6 cm³/mol. The second kappa shape index (κ2) is 5.84. The SMILES string of the molecule is N#C/C(=C/NC1CC1)C(=O)Nc1ccccc1[N+](=O)[O-]. The van der Waals surface area contributed by atoms with Crippen molar-refractivity contribution >= 4 is 17.3 Å². The average Bonchev–Trinajstić information content (AvgIpc) is 3.24. The van der Waals surface area contributed by atoms with Crippen molar-refractivity contribution < 1.29 is 9.72 Å². The van der Waals surface area contributed by atoms with E-state index in [1.165, 1.54) is 24.4 Å². The molecule has 1 amide bonds. The zero-order valence-electron chi connectivity index (χ0n) is 10.5. The fraction of sp³-hybridized carbons (Fsp3) is 0.231. The van der Waals surface area contributed by atoms with Gasteiger partial charge in [-0.2, -0.15) is 5.26 Å². The van der Waals surface area contributed by atoms with Crippen LogP contribution in [0.5, 0.6) is 0 Å². The van der Waals surface area contributed by atoms with Crippen LogP contribution in [-0.2, 0) is 4.79 Å². The topological polar surface area (TPSA) is 108 Å². The Hall–Kier alpha value is -2.88. The zero-order valence-corrected chi connectivity index (χ0v) is 10.5. The van der Waals surface area contributed by atoms with Crippen LogP contribution in [0.4, 0.5) is 11.4 Å². The van der Waals surface area contributed by atoms with Crippen molar-refractivity contribution in [2.24, 2.45) is 0 Å². The van der Waals surface area contributed by atoms with Crippen LogP contribution in [0.3, 0.4) is 0 Å². The first kappa shape index (κ1) is 13.5. The van der Waals surface area contributed by atoms with E-state index < -0.39 is 10.8 Å². The molecule has 20 heavy (non-hydrogen) atoms. The van der Waals surface area contributed by atoms with E-state index in [4.69, 9.17) is 5.26 Å². The van der Waals surface area contributed by atoms with E-state index in [1.807, 2.05) is 0 Å². The maximum absolute atomic E-state index is 11.9. The number of benzene rings is 1. The van der Waals surface area contributed by atoms with Gasteiger partial charge in [0.05, 0.1) is 4.92 Å². The average molecular weight is 272 g/mol. The van der Waals surface area contributed by atoms with Crippen LogP contribution in [-0.4, -0.2) is 16.9 Å². The number of para-hydroxylation sites is 2. The lowest BCUT2D eigenvalue weighted by Gasteiger charge is -2.05. The second-order valence-electron chi connectivity index (χ2n) is 4.34. The van der Waals surface area contributed by atoms with Gasteiger partial charge in [0.2, 0.25) is 0 Å². The minimum Gasteiger partial charge on any atom is -0.387 e. The van der Waals surface area contributed by atoms with Crippen LogP contribution in [0.15, 0.2) is 36.0 Å². The van der Waals surface area contributed by atoms with Gasteiger partial charge in [-0.1, -0.05) is 12.1 Å². The third kappa shape index (κ3) is 3.32. The minimum absolute atomic E-state index is 0.0649. The number of anilines is 1. The van der Waals surface area contributed by atoms with Crippen molar-refractivity contribution in [3.63, 3.8) is 0 Å². The van der Waals surface area contributed by atoms with Crippen molar-refractivity contribution in [1.29, 1.82) is 5.26 Å². The molecule has 1 aromatic rings. The Labute approximate surface area is 115 Å². The third-order valence-corrected chi connectivity index (χ3v) is 2.75. The largest absolute Gasteiger partial charge is 0.387 e. The van der Waals surface area contributed by atoms with Crippen molar-refractivity contribution in [3.05, 3.63) is 46.2 Å². The molecule has 1 aliphatic rings. The van der Waals surface area contributed by atoms with Gasteiger partial charge in [-0.15, -0.1) is 0 Å². The molecule has 1 saturated carbocycles. The molecule has 2 rings (SSSR count). The van der Waals surface area contributed by atoms with Gasteiger partial charge in [-0.25, -0.2) is 0 Å². The molecular weight excluding hydrogens is 260 g/mol. The molecule has 0 heterocycles. The van der Waals surface area contributed by atoms with Gasteiger partial charge >= 0.3 is 0 Å². The van der Waals surface area contributed by atoms with Gasteiger partial charge in [0.25, 0.3) is 11.6 Å². The maximum atomic E-state index is 11.9. The van der Waals surface area contributed by atoms with Crippen LogP contribution in [0.2, 0.25) is 0 Å². The lowest BCUT2D eigenvalue weighted by atomic mass is 10.2. The summed E-state index contributed by atoms with van der Waals surface area (Å²) in [7, 11) is 0. The zero-order chi connectivity index (χ0) is 14.5. The highest BCUT2D eigenvalue weighted by molar-refractivity contribution is 6.07. The minimum atomic E-state index is -0.671. The van der Waals surface area contributed by atoms with E-state index in [2.05, 4.69) is 10.6 Å². The van der Waals surface area contributed by atoms with E-state index in [1.54, 1.807) is 12.1 Å². The summed E-state index contributed by atoms with van der Waals surface area (Å²) in [6, 6.07) is 7.86. The second-order valence-corrected chi connectivity index (χ2v) is 4.34. The molecule has 1 fully saturated rings. The van der Waals surface area contributed by atoms with Gasteiger partial charge in [0.15, 0.2) is 0 Å². The fourth-order valence-electron chi connectivity index (χ4n) is 1.53. The van der Waals surface area contributed by atoms with E-state index in [0.29, 0.717) is 6.04 Å². The first-order valence-corrected chi connectivity index (χ1v) is 6.03. The first-order chi connectivity index (χ1) is 9.61. The summed E-state index contributed by atoms with van der Waals surface area (Å²) < 4.78 is 0. The van der Waals surface area contributed by atoms with E-state index in [0.717, 1.165) is 12.8 Å². The van der Waals surface area contributed by atoms with Crippen LogP contribution >= 0.6 is 0 Å². The predicted octanol–water partition coefficient (Wildman–Crippen LogP) is 1.69. The highest BCUT2D eigenvalue weighted by atomic mass is 16.6. The quantitative estimate of drug-likeness (QED) is 0.367. The lowest BCUT2D eigenvalue weighted by Crippen LogP contribution is -2.18. The Bertz CT molecular complexity index is 614. The number of nitro benzene ring substituents is 1. The van der Waals surface area contributed by atoms with Crippen LogP contribution in [0.1, 0.15) is 12.8 Å². The number of nitrogens with zero attached hydrogens (tertiary/aromatic N) is 2. The summed E-state index contributed by atoms with van der Waals surface area (Å²) in [6.07, 6.45) is 3.38. The van der Waals surface area contributed by atoms with Gasteiger partial charge in [-0.3, -0.25) is 14.9 Å². The molecule has 102 valence electrons.